The van der Waals surface area contributed by atoms with Gasteiger partial charge in [-0.2, -0.15) is 0 Å². The van der Waals surface area contributed by atoms with Crippen LogP contribution in [0.2, 0.25) is 5.02 Å². The molecule has 3 rings (SSSR count). The highest BCUT2D eigenvalue weighted by Crippen LogP contribution is 2.26. The maximum Gasteiger partial charge on any atom is 0.138 e. The minimum atomic E-state index is 0.197. The predicted octanol–water partition coefficient (Wildman–Crippen LogP) is 3.02. The molecule has 2 unspecified atom stereocenters. The Morgan fingerprint density at radius 2 is 1.95 bits per heavy atom. The Labute approximate surface area is 119 Å². The molecule has 3 nitrogen and oxygen atoms in total. The van der Waals surface area contributed by atoms with E-state index >= 15 is 0 Å². The number of halogens is 1. The Kier molecular flexibility index (Phi) is 4.26. The lowest BCUT2D eigenvalue weighted by atomic mass is 10.2. The van der Waals surface area contributed by atoms with Crippen molar-refractivity contribution < 1.29 is 9.47 Å². The average molecular weight is 282 g/mol. The molecule has 1 saturated carbocycles. The molecule has 19 heavy (non-hydrogen) atoms. The van der Waals surface area contributed by atoms with Gasteiger partial charge in [-0.05, 0) is 37.8 Å². The average Bonchev–Trinajstić information content (AvgIpc) is 3.14. The van der Waals surface area contributed by atoms with E-state index in [9.17, 15) is 0 Å². The summed E-state index contributed by atoms with van der Waals surface area (Å²) >= 11 is 6.05. The summed E-state index contributed by atoms with van der Waals surface area (Å²) < 4.78 is 11.7. The monoisotopic (exact) mass is 281 g/mol. The molecule has 0 radical (unpaired) electrons. The standard InChI is InChI=1S/C15H20ClNO2/c16-14-3-1-2-4-15(14)18-10-13-8-7-12(19-13)9-17-11-5-6-11/h1-4,11-13,17H,5-10H2. The third-order valence-electron chi connectivity index (χ3n) is 3.67. The number of ether oxygens (including phenoxy) is 2. The van der Waals surface area contributed by atoms with E-state index < -0.39 is 0 Å². The van der Waals surface area contributed by atoms with Gasteiger partial charge in [0.15, 0.2) is 0 Å². The highest BCUT2D eigenvalue weighted by atomic mass is 35.5. The number of hydrogen-bond donors (Lipinski definition) is 1. The van der Waals surface area contributed by atoms with Gasteiger partial charge in [-0.25, -0.2) is 0 Å². The fourth-order valence-electron chi connectivity index (χ4n) is 2.38. The Balaban J connectivity index is 1.40. The van der Waals surface area contributed by atoms with Crippen molar-refractivity contribution in [2.24, 2.45) is 0 Å². The van der Waals surface area contributed by atoms with Crippen molar-refractivity contribution in [3.8, 4) is 5.75 Å². The molecule has 0 bridgehead atoms. The lowest BCUT2D eigenvalue weighted by Crippen LogP contribution is -2.29. The second-order valence-corrected chi connectivity index (χ2v) is 5.79. The molecule has 104 valence electrons. The van der Waals surface area contributed by atoms with Crippen molar-refractivity contribution >= 4 is 11.6 Å². The molecule has 1 aromatic carbocycles. The van der Waals surface area contributed by atoms with Crippen LogP contribution in [0.3, 0.4) is 0 Å². The molecule has 1 heterocycles. The highest BCUT2D eigenvalue weighted by molar-refractivity contribution is 6.32. The van der Waals surface area contributed by atoms with Crippen molar-refractivity contribution in [1.29, 1.82) is 0 Å². The van der Waals surface area contributed by atoms with Gasteiger partial charge in [0.2, 0.25) is 0 Å². The molecule has 1 saturated heterocycles. The second kappa shape index (κ2) is 6.12. The first-order chi connectivity index (χ1) is 9.31. The van der Waals surface area contributed by atoms with Crippen LogP contribution in [-0.4, -0.2) is 31.4 Å². The number of hydrogen-bond acceptors (Lipinski definition) is 3. The number of para-hydroxylation sites is 1. The van der Waals surface area contributed by atoms with Gasteiger partial charge in [-0.1, -0.05) is 23.7 Å². The van der Waals surface area contributed by atoms with Crippen molar-refractivity contribution in [3.05, 3.63) is 29.3 Å². The van der Waals surface area contributed by atoms with Crippen LogP contribution in [0.1, 0.15) is 25.7 Å². The topological polar surface area (TPSA) is 30.5 Å². The summed E-state index contributed by atoms with van der Waals surface area (Å²) in [5.41, 5.74) is 0. The van der Waals surface area contributed by atoms with Crippen LogP contribution in [0.5, 0.6) is 5.75 Å². The smallest absolute Gasteiger partial charge is 0.138 e. The molecule has 2 aliphatic rings. The van der Waals surface area contributed by atoms with E-state index in [1.165, 1.54) is 12.8 Å². The van der Waals surface area contributed by atoms with Gasteiger partial charge in [-0.3, -0.25) is 0 Å². The molecule has 0 spiro atoms. The van der Waals surface area contributed by atoms with Crippen molar-refractivity contribution in [2.75, 3.05) is 13.2 Å². The quantitative estimate of drug-likeness (QED) is 0.869. The largest absolute Gasteiger partial charge is 0.489 e. The van der Waals surface area contributed by atoms with E-state index in [4.69, 9.17) is 21.1 Å². The minimum Gasteiger partial charge on any atom is -0.489 e. The SMILES string of the molecule is Clc1ccccc1OCC1CCC(CNC2CC2)O1. The normalized spacial score (nSPS) is 26.6. The van der Waals surface area contributed by atoms with Crippen LogP contribution in [0, 0.1) is 0 Å². The summed E-state index contributed by atoms with van der Waals surface area (Å²) in [6, 6.07) is 8.32. The lowest BCUT2D eigenvalue weighted by Gasteiger charge is -2.15. The summed E-state index contributed by atoms with van der Waals surface area (Å²) in [6.07, 6.45) is 5.39. The Morgan fingerprint density at radius 1 is 1.16 bits per heavy atom. The Hall–Kier alpha value is -0.770. The van der Waals surface area contributed by atoms with E-state index in [0.717, 1.165) is 31.2 Å². The maximum absolute atomic E-state index is 6.05. The van der Waals surface area contributed by atoms with Gasteiger partial charge in [0.25, 0.3) is 0 Å². The molecule has 1 N–H and O–H groups in total. The maximum atomic E-state index is 6.05. The Morgan fingerprint density at radius 3 is 2.74 bits per heavy atom. The van der Waals surface area contributed by atoms with Gasteiger partial charge in [0.05, 0.1) is 17.2 Å². The van der Waals surface area contributed by atoms with Crippen LogP contribution >= 0.6 is 11.6 Å². The van der Waals surface area contributed by atoms with E-state index in [2.05, 4.69) is 5.32 Å². The highest BCUT2D eigenvalue weighted by Gasteiger charge is 2.28. The summed E-state index contributed by atoms with van der Waals surface area (Å²) in [5, 5.41) is 4.17. The van der Waals surface area contributed by atoms with Crippen LogP contribution < -0.4 is 10.1 Å². The van der Waals surface area contributed by atoms with Crippen molar-refractivity contribution in [2.45, 2.75) is 43.9 Å². The van der Waals surface area contributed by atoms with E-state index in [1.54, 1.807) is 0 Å². The van der Waals surface area contributed by atoms with Crippen molar-refractivity contribution in [1.82, 2.24) is 5.32 Å². The molecule has 1 aromatic rings. The fraction of sp³-hybridized carbons (Fsp3) is 0.600. The molecular formula is C15H20ClNO2. The van der Waals surface area contributed by atoms with Crippen LogP contribution in [-0.2, 0) is 4.74 Å². The van der Waals surface area contributed by atoms with Crippen molar-refractivity contribution in [3.63, 3.8) is 0 Å². The van der Waals surface area contributed by atoms with E-state index in [1.807, 2.05) is 24.3 Å². The predicted molar refractivity (Wildman–Crippen MR) is 75.9 cm³/mol. The molecule has 2 fully saturated rings. The zero-order valence-corrected chi connectivity index (χ0v) is 11.7. The molecular weight excluding hydrogens is 262 g/mol. The lowest BCUT2D eigenvalue weighted by molar-refractivity contribution is 0.0184. The molecule has 0 amide bonds. The number of rotatable bonds is 6. The number of nitrogens with one attached hydrogen (secondary N) is 1. The summed E-state index contributed by atoms with van der Waals surface area (Å²) in [5.74, 6) is 0.743. The van der Waals surface area contributed by atoms with Gasteiger partial charge in [-0.15, -0.1) is 0 Å². The second-order valence-electron chi connectivity index (χ2n) is 5.38. The Bertz CT molecular complexity index is 422. The number of benzene rings is 1. The first-order valence-corrected chi connectivity index (χ1v) is 7.45. The van der Waals surface area contributed by atoms with Crippen LogP contribution in [0.4, 0.5) is 0 Å². The molecule has 1 aliphatic carbocycles. The van der Waals surface area contributed by atoms with Gasteiger partial charge >= 0.3 is 0 Å². The first kappa shape index (κ1) is 13.2. The third kappa shape index (κ3) is 3.85. The van der Waals surface area contributed by atoms with Gasteiger partial charge in [0.1, 0.15) is 12.4 Å². The van der Waals surface area contributed by atoms with E-state index in [-0.39, 0.29) is 6.10 Å². The van der Waals surface area contributed by atoms with Crippen LogP contribution in [0.15, 0.2) is 24.3 Å². The molecule has 1 aliphatic heterocycles. The summed E-state index contributed by atoms with van der Waals surface area (Å²) in [4.78, 5) is 0. The van der Waals surface area contributed by atoms with Crippen LogP contribution in [0.25, 0.3) is 0 Å². The van der Waals surface area contributed by atoms with Gasteiger partial charge in [0, 0.05) is 12.6 Å². The minimum absolute atomic E-state index is 0.197. The van der Waals surface area contributed by atoms with Gasteiger partial charge < -0.3 is 14.8 Å². The fourth-order valence-corrected chi connectivity index (χ4v) is 2.57. The molecule has 0 aromatic heterocycles. The summed E-state index contributed by atoms with van der Waals surface area (Å²) in [6.45, 7) is 1.57. The summed E-state index contributed by atoms with van der Waals surface area (Å²) in [7, 11) is 0. The third-order valence-corrected chi connectivity index (χ3v) is 3.98. The van der Waals surface area contributed by atoms with E-state index in [0.29, 0.717) is 17.7 Å². The zero-order chi connectivity index (χ0) is 13.1. The first-order valence-electron chi connectivity index (χ1n) is 7.07. The molecule has 2 atom stereocenters. The zero-order valence-electron chi connectivity index (χ0n) is 11.0. The molecule has 4 heteroatoms.